The molecule has 1 aromatic heterocycles. The highest BCUT2D eigenvalue weighted by Gasteiger charge is 2.25. The van der Waals surface area contributed by atoms with Crippen molar-refractivity contribution in [1.29, 1.82) is 0 Å². The van der Waals surface area contributed by atoms with Gasteiger partial charge in [-0.15, -0.1) is 0 Å². The van der Waals surface area contributed by atoms with Crippen molar-refractivity contribution in [1.82, 2.24) is 9.88 Å². The van der Waals surface area contributed by atoms with E-state index in [1.54, 1.807) is 6.20 Å². The van der Waals surface area contributed by atoms with Gasteiger partial charge in [0, 0.05) is 36.2 Å². The monoisotopic (exact) mass is 299 g/mol. The van der Waals surface area contributed by atoms with Crippen LogP contribution in [0.3, 0.4) is 0 Å². The van der Waals surface area contributed by atoms with E-state index in [1.165, 1.54) is 0 Å². The van der Waals surface area contributed by atoms with E-state index in [2.05, 4.69) is 4.98 Å². The molecule has 0 radical (unpaired) electrons. The zero-order valence-electron chi connectivity index (χ0n) is 11.7. The number of carbonyl (C=O) groups is 1. The first-order chi connectivity index (χ1) is 10.2. The predicted octanol–water partition coefficient (Wildman–Crippen LogP) is 2.37. The van der Waals surface area contributed by atoms with Crippen LogP contribution in [0.4, 0.5) is 0 Å². The number of fused-ring (bicyclic) bond motifs is 1. The van der Waals surface area contributed by atoms with Gasteiger partial charge < -0.3 is 10.6 Å². The molecule has 21 heavy (non-hydrogen) atoms. The fourth-order valence-corrected chi connectivity index (χ4v) is 3.06. The fourth-order valence-electron chi connectivity index (χ4n) is 2.83. The first-order valence-electron chi connectivity index (χ1n) is 7.09. The number of piperidine rings is 1. The Bertz CT molecular complexity index is 687. The summed E-state index contributed by atoms with van der Waals surface area (Å²) < 4.78 is 0. The summed E-state index contributed by atoms with van der Waals surface area (Å²) in [6, 6.07) is 9.47. The average Bonchev–Trinajstić information content (AvgIpc) is 2.53. The molecule has 3 rings (SSSR count). The largest absolute Gasteiger partial charge is 0.393 e. The van der Waals surface area contributed by atoms with Gasteiger partial charge in [-0.05, 0) is 31.0 Å². The van der Waals surface area contributed by atoms with Crippen LogP contribution in [0, 0.1) is 5.92 Å². The van der Waals surface area contributed by atoms with Crippen LogP contribution in [0.25, 0.3) is 10.9 Å². The molecule has 2 N–H and O–H groups in total. The fraction of sp³-hybridized carbons (Fsp3) is 0.312. The van der Waals surface area contributed by atoms with Crippen LogP contribution >= 0.6 is 12.2 Å². The van der Waals surface area contributed by atoms with Crippen molar-refractivity contribution in [2.24, 2.45) is 11.7 Å². The molecule has 108 valence electrons. The maximum atomic E-state index is 12.7. The van der Waals surface area contributed by atoms with E-state index >= 15 is 0 Å². The first kappa shape index (κ1) is 13.9. The molecule has 4 nitrogen and oxygen atoms in total. The quantitative estimate of drug-likeness (QED) is 0.865. The van der Waals surface area contributed by atoms with E-state index in [0.29, 0.717) is 18.1 Å². The van der Waals surface area contributed by atoms with Gasteiger partial charge in [0.05, 0.1) is 10.5 Å². The number of benzene rings is 1. The lowest BCUT2D eigenvalue weighted by atomic mass is 9.96. The third kappa shape index (κ3) is 2.74. The van der Waals surface area contributed by atoms with Crippen LogP contribution in [-0.2, 0) is 0 Å². The summed E-state index contributed by atoms with van der Waals surface area (Å²) in [5.74, 6) is 0.327. The standard InChI is InChI=1S/C16H17N3OS/c17-15(21)11-6-9-19(10-7-11)16(20)13-3-1-5-14-12(13)4-2-8-18-14/h1-5,8,11H,6-7,9-10H2,(H2,17,21). The first-order valence-corrected chi connectivity index (χ1v) is 7.50. The number of aromatic nitrogens is 1. The topological polar surface area (TPSA) is 59.2 Å². The Labute approximate surface area is 129 Å². The molecule has 2 heterocycles. The normalized spacial score (nSPS) is 16.1. The lowest BCUT2D eigenvalue weighted by Crippen LogP contribution is -2.41. The van der Waals surface area contributed by atoms with Gasteiger partial charge in [0.2, 0.25) is 0 Å². The summed E-state index contributed by atoms with van der Waals surface area (Å²) in [5, 5.41) is 0.904. The number of thiocarbonyl (C=S) groups is 1. The minimum atomic E-state index is 0.0648. The van der Waals surface area contributed by atoms with E-state index in [1.807, 2.05) is 35.2 Å². The second kappa shape index (κ2) is 5.77. The van der Waals surface area contributed by atoms with E-state index in [4.69, 9.17) is 18.0 Å². The molecule has 0 spiro atoms. The van der Waals surface area contributed by atoms with Gasteiger partial charge in [-0.1, -0.05) is 24.4 Å². The van der Waals surface area contributed by atoms with Crippen molar-refractivity contribution in [3.8, 4) is 0 Å². The number of amides is 1. The lowest BCUT2D eigenvalue weighted by Gasteiger charge is -2.31. The average molecular weight is 299 g/mol. The van der Waals surface area contributed by atoms with E-state index in [-0.39, 0.29) is 11.8 Å². The molecule has 0 unspecified atom stereocenters. The van der Waals surface area contributed by atoms with E-state index in [9.17, 15) is 4.79 Å². The van der Waals surface area contributed by atoms with Crippen molar-refractivity contribution in [3.05, 3.63) is 42.1 Å². The van der Waals surface area contributed by atoms with Gasteiger partial charge in [-0.25, -0.2) is 0 Å². The zero-order chi connectivity index (χ0) is 14.8. The second-order valence-electron chi connectivity index (χ2n) is 5.34. The number of nitrogens with zero attached hydrogens (tertiary/aromatic N) is 2. The van der Waals surface area contributed by atoms with Crippen LogP contribution in [-0.4, -0.2) is 33.9 Å². The van der Waals surface area contributed by atoms with Gasteiger partial charge in [-0.2, -0.15) is 0 Å². The molecular formula is C16H17N3OS. The molecule has 1 aromatic carbocycles. The van der Waals surface area contributed by atoms with Crippen molar-refractivity contribution in [3.63, 3.8) is 0 Å². The summed E-state index contributed by atoms with van der Waals surface area (Å²) in [6.45, 7) is 1.41. The van der Waals surface area contributed by atoms with Crippen LogP contribution in [0.5, 0.6) is 0 Å². The maximum absolute atomic E-state index is 12.7. The molecule has 1 amide bonds. The second-order valence-corrected chi connectivity index (χ2v) is 5.82. The molecule has 0 saturated carbocycles. The van der Waals surface area contributed by atoms with Crippen LogP contribution in [0.2, 0.25) is 0 Å². The molecule has 1 saturated heterocycles. The molecule has 1 aliphatic heterocycles. The van der Waals surface area contributed by atoms with Crippen LogP contribution in [0.15, 0.2) is 36.5 Å². The molecule has 2 aromatic rings. The van der Waals surface area contributed by atoms with Gasteiger partial charge in [0.25, 0.3) is 5.91 Å². The summed E-state index contributed by atoms with van der Waals surface area (Å²) in [6.07, 6.45) is 3.44. The summed E-state index contributed by atoms with van der Waals surface area (Å²) in [4.78, 5) is 19.5. The van der Waals surface area contributed by atoms with Crippen LogP contribution in [0.1, 0.15) is 23.2 Å². The molecule has 5 heteroatoms. The highest BCUT2D eigenvalue weighted by Crippen LogP contribution is 2.22. The van der Waals surface area contributed by atoms with Crippen LogP contribution < -0.4 is 5.73 Å². The Morgan fingerprint density at radius 3 is 2.71 bits per heavy atom. The third-order valence-corrected chi connectivity index (χ3v) is 4.39. The number of carbonyl (C=O) groups excluding carboxylic acids is 1. The van der Waals surface area contributed by atoms with Crippen molar-refractivity contribution in [2.45, 2.75) is 12.8 Å². The predicted molar refractivity (Wildman–Crippen MR) is 87.2 cm³/mol. The van der Waals surface area contributed by atoms with Crippen molar-refractivity contribution < 1.29 is 4.79 Å². The highest BCUT2D eigenvalue weighted by molar-refractivity contribution is 7.80. The maximum Gasteiger partial charge on any atom is 0.254 e. The Morgan fingerprint density at radius 2 is 2.00 bits per heavy atom. The SMILES string of the molecule is NC(=S)C1CCN(C(=O)c2cccc3ncccc23)CC1. The molecular weight excluding hydrogens is 282 g/mol. The van der Waals surface area contributed by atoms with Gasteiger partial charge in [-0.3, -0.25) is 9.78 Å². The minimum Gasteiger partial charge on any atom is -0.393 e. The van der Waals surface area contributed by atoms with E-state index in [0.717, 1.165) is 29.3 Å². The number of hydrogen-bond acceptors (Lipinski definition) is 3. The molecule has 0 atom stereocenters. The molecule has 1 fully saturated rings. The van der Waals surface area contributed by atoms with Crippen molar-refractivity contribution in [2.75, 3.05) is 13.1 Å². The molecule has 0 aliphatic carbocycles. The summed E-state index contributed by atoms with van der Waals surface area (Å²) in [7, 11) is 0. The Balaban J connectivity index is 1.84. The Kier molecular flexibility index (Phi) is 3.84. The smallest absolute Gasteiger partial charge is 0.254 e. The number of hydrogen-bond donors (Lipinski definition) is 1. The number of nitrogens with two attached hydrogens (primary N) is 1. The van der Waals surface area contributed by atoms with Gasteiger partial charge in [0.1, 0.15) is 0 Å². The van der Waals surface area contributed by atoms with E-state index < -0.39 is 0 Å². The highest BCUT2D eigenvalue weighted by atomic mass is 32.1. The van der Waals surface area contributed by atoms with Crippen molar-refractivity contribution >= 4 is 34.0 Å². The zero-order valence-corrected chi connectivity index (χ0v) is 12.5. The molecule has 1 aliphatic rings. The summed E-state index contributed by atoms with van der Waals surface area (Å²) in [5.41, 5.74) is 7.26. The Morgan fingerprint density at radius 1 is 1.24 bits per heavy atom. The number of rotatable bonds is 2. The molecule has 0 bridgehead atoms. The number of pyridine rings is 1. The minimum absolute atomic E-state index is 0.0648. The van der Waals surface area contributed by atoms with Gasteiger partial charge in [0.15, 0.2) is 0 Å². The van der Waals surface area contributed by atoms with Gasteiger partial charge >= 0.3 is 0 Å². The number of likely N-dealkylation sites (tertiary alicyclic amines) is 1. The third-order valence-electron chi connectivity index (χ3n) is 4.06. The summed E-state index contributed by atoms with van der Waals surface area (Å²) >= 11 is 5.04. The Hall–Kier alpha value is -2.01. The lowest BCUT2D eigenvalue weighted by molar-refractivity contribution is 0.0712.